The molecule has 1 rings (SSSR count). The summed E-state index contributed by atoms with van der Waals surface area (Å²) in [6.45, 7) is 2.24. The Morgan fingerprint density at radius 1 is 1.54 bits per heavy atom. The van der Waals surface area contributed by atoms with Crippen molar-refractivity contribution < 1.29 is 4.79 Å². The summed E-state index contributed by atoms with van der Waals surface area (Å²) in [5.41, 5.74) is 1.02. The predicted molar refractivity (Wildman–Crippen MR) is 55.6 cm³/mol. The highest BCUT2D eigenvalue weighted by atomic mass is 16.1. The van der Waals surface area contributed by atoms with Crippen molar-refractivity contribution in [2.24, 2.45) is 5.92 Å². The first-order chi connectivity index (χ1) is 6.36. The molecule has 0 saturated heterocycles. The molecule has 13 heavy (non-hydrogen) atoms. The van der Waals surface area contributed by atoms with Crippen LogP contribution in [0.5, 0.6) is 0 Å². The van der Waals surface area contributed by atoms with Gasteiger partial charge < -0.3 is 0 Å². The van der Waals surface area contributed by atoms with Crippen LogP contribution in [0.1, 0.15) is 51.9 Å². The Hall–Kier alpha value is -0.590. The van der Waals surface area contributed by atoms with Crippen molar-refractivity contribution in [3.8, 4) is 0 Å². The van der Waals surface area contributed by atoms with Gasteiger partial charge >= 0.3 is 0 Å². The van der Waals surface area contributed by atoms with Gasteiger partial charge in [0, 0.05) is 0 Å². The van der Waals surface area contributed by atoms with E-state index in [1.807, 2.05) is 0 Å². The summed E-state index contributed by atoms with van der Waals surface area (Å²) in [5.74, 6) is 0.857. The smallest absolute Gasteiger partial charge is 0.145 e. The molecule has 0 bridgehead atoms. The average molecular weight is 180 g/mol. The van der Waals surface area contributed by atoms with Crippen molar-refractivity contribution in [1.82, 2.24) is 0 Å². The van der Waals surface area contributed by atoms with Crippen molar-refractivity contribution in [3.63, 3.8) is 0 Å². The van der Waals surface area contributed by atoms with Crippen LogP contribution in [-0.4, -0.2) is 6.29 Å². The Balaban J connectivity index is 2.17. The Labute approximate surface area is 81.2 Å². The number of unbranched alkanes of at least 4 members (excludes halogenated alkanes) is 2. The van der Waals surface area contributed by atoms with Crippen LogP contribution in [0.25, 0.3) is 0 Å². The minimum Gasteiger partial charge on any atom is -0.298 e. The first-order valence-electron chi connectivity index (χ1n) is 5.51. The molecule has 0 spiro atoms. The number of allylic oxidation sites excluding steroid dienone is 2. The minimum atomic E-state index is 0.857. The van der Waals surface area contributed by atoms with E-state index in [0.29, 0.717) is 0 Å². The van der Waals surface area contributed by atoms with Gasteiger partial charge in [-0.1, -0.05) is 38.7 Å². The molecule has 74 valence electrons. The Kier molecular flexibility index (Phi) is 4.81. The lowest BCUT2D eigenvalue weighted by molar-refractivity contribution is -0.105. The second-order valence-electron chi connectivity index (χ2n) is 4.03. The molecule has 1 heteroatoms. The van der Waals surface area contributed by atoms with Crippen molar-refractivity contribution in [2.75, 3.05) is 0 Å². The van der Waals surface area contributed by atoms with E-state index in [2.05, 4.69) is 13.0 Å². The topological polar surface area (TPSA) is 17.1 Å². The molecule has 0 aromatic carbocycles. The highest BCUT2D eigenvalue weighted by Gasteiger charge is 2.12. The highest BCUT2D eigenvalue weighted by Crippen LogP contribution is 2.26. The average Bonchev–Trinajstić information content (AvgIpc) is 2.19. The van der Waals surface area contributed by atoms with Gasteiger partial charge in [0.05, 0.1) is 0 Å². The number of carbonyl (C=O) groups is 1. The van der Waals surface area contributed by atoms with E-state index in [4.69, 9.17) is 0 Å². The van der Waals surface area contributed by atoms with E-state index in [-0.39, 0.29) is 0 Å². The van der Waals surface area contributed by atoms with Gasteiger partial charge in [-0.25, -0.2) is 0 Å². The Morgan fingerprint density at radius 3 is 2.92 bits per heavy atom. The molecule has 1 atom stereocenters. The molecule has 0 aliphatic heterocycles. The van der Waals surface area contributed by atoms with Gasteiger partial charge in [-0.2, -0.15) is 0 Å². The monoisotopic (exact) mass is 180 g/mol. The van der Waals surface area contributed by atoms with Crippen LogP contribution >= 0.6 is 0 Å². The third-order valence-corrected chi connectivity index (χ3v) is 2.92. The van der Waals surface area contributed by atoms with E-state index in [1.54, 1.807) is 0 Å². The third kappa shape index (κ3) is 3.75. The molecular weight excluding hydrogens is 160 g/mol. The summed E-state index contributed by atoms with van der Waals surface area (Å²) in [6.07, 6.45) is 11.9. The maximum absolute atomic E-state index is 10.5. The maximum atomic E-state index is 10.5. The molecule has 0 amide bonds. The fourth-order valence-electron chi connectivity index (χ4n) is 1.96. The fourth-order valence-corrected chi connectivity index (χ4v) is 1.96. The SMILES string of the molecule is CCCCCC1CC=C(C=O)CC1. The van der Waals surface area contributed by atoms with Crippen LogP contribution in [0.3, 0.4) is 0 Å². The summed E-state index contributed by atoms with van der Waals surface area (Å²) >= 11 is 0. The highest BCUT2D eigenvalue weighted by molar-refractivity contribution is 5.73. The first-order valence-corrected chi connectivity index (χ1v) is 5.51. The second kappa shape index (κ2) is 5.95. The van der Waals surface area contributed by atoms with Gasteiger partial charge in [0.25, 0.3) is 0 Å². The quantitative estimate of drug-likeness (QED) is 0.467. The number of aldehydes is 1. The lowest BCUT2D eigenvalue weighted by Crippen LogP contribution is -2.06. The van der Waals surface area contributed by atoms with Gasteiger partial charge in [-0.05, 0) is 30.8 Å². The first kappa shape index (κ1) is 10.5. The lowest BCUT2D eigenvalue weighted by Gasteiger charge is -2.19. The summed E-state index contributed by atoms with van der Waals surface area (Å²) in [4.78, 5) is 10.5. The van der Waals surface area contributed by atoms with Crippen molar-refractivity contribution in [2.45, 2.75) is 51.9 Å². The lowest BCUT2D eigenvalue weighted by atomic mass is 9.86. The number of hydrogen-bond acceptors (Lipinski definition) is 1. The Bertz CT molecular complexity index is 182. The molecule has 0 aromatic heterocycles. The second-order valence-corrected chi connectivity index (χ2v) is 4.03. The summed E-state index contributed by atoms with van der Waals surface area (Å²) < 4.78 is 0. The molecule has 1 aliphatic carbocycles. The Morgan fingerprint density at radius 2 is 2.38 bits per heavy atom. The van der Waals surface area contributed by atoms with Crippen LogP contribution in [0.15, 0.2) is 11.6 Å². The molecule has 1 aliphatic rings. The zero-order valence-corrected chi connectivity index (χ0v) is 8.59. The van der Waals surface area contributed by atoms with Crippen LogP contribution in [0.2, 0.25) is 0 Å². The van der Waals surface area contributed by atoms with Crippen molar-refractivity contribution in [1.29, 1.82) is 0 Å². The number of rotatable bonds is 5. The van der Waals surface area contributed by atoms with E-state index in [0.717, 1.165) is 30.6 Å². The fraction of sp³-hybridized carbons (Fsp3) is 0.750. The molecule has 1 unspecified atom stereocenters. The molecule has 0 saturated carbocycles. The largest absolute Gasteiger partial charge is 0.298 e. The zero-order chi connectivity index (χ0) is 9.52. The van der Waals surface area contributed by atoms with Gasteiger partial charge in [0.2, 0.25) is 0 Å². The summed E-state index contributed by atoms with van der Waals surface area (Å²) in [6, 6.07) is 0. The van der Waals surface area contributed by atoms with E-state index < -0.39 is 0 Å². The molecule has 0 radical (unpaired) electrons. The van der Waals surface area contributed by atoms with Gasteiger partial charge in [-0.3, -0.25) is 4.79 Å². The minimum absolute atomic E-state index is 0.857. The summed E-state index contributed by atoms with van der Waals surface area (Å²) in [5, 5.41) is 0. The van der Waals surface area contributed by atoms with E-state index >= 15 is 0 Å². The zero-order valence-electron chi connectivity index (χ0n) is 8.59. The van der Waals surface area contributed by atoms with Crippen molar-refractivity contribution in [3.05, 3.63) is 11.6 Å². The normalized spacial score (nSPS) is 22.5. The maximum Gasteiger partial charge on any atom is 0.145 e. The molecular formula is C12H20O. The van der Waals surface area contributed by atoms with Gasteiger partial charge in [0.1, 0.15) is 6.29 Å². The molecule has 1 nitrogen and oxygen atoms in total. The molecule has 0 aromatic rings. The van der Waals surface area contributed by atoms with Crippen LogP contribution in [-0.2, 0) is 4.79 Å². The number of hydrogen-bond donors (Lipinski definition) is 0. The number of carbonyl (C=O) groups excluding carboxylic acids is 1. The third-order valence-electron chi connectivity index (χ3n) is 2.92. The van der Waals surface area contributed by atoms with E-state index in [1.165, 1.54) is 32.1 Å². The van der Waals surface area contributed by atoms with Gasteiger partial charge in [-0.15, -0.1) is 0 Å². The summed E-state index contributed by atoms with van der Waals surface area (Å²) in [7, 11) is 0. The van der Waals surface area contributed by atoms with Gasteiger partial charge in [0.15, 0.2) is 0 Å². The van der Waals surface area contributed by atoms with Crippen molar-refractivity contribution >= 4 is 6.29 Å². The van der Waals surface area contributed by atoms with Crippen LogP contribution in [0, 0.1) is 5.92 Å². The molecule has 0 N–H and O–H groups in total. The molecule has 0 fully saturated rings. The predicted octanol–water partition coefficient (Wildman–Crippen LogP) is 3.49. The van der Waals surface area contributed by atoms with E-state index in [9.17, 15) is 4.79 Å². The standard InChI is InChI=1S/C12H20O/c1-2-3-4-5-11-6-8-12(10-13)9-7-11/h8,10-11H,2-7,9H2,1H3. The molecule has 0 heterocycles. The van der Waals surface area contributed by atoms with Crippen LogP contribution in [0.4, 0.5) is 0 Å². The van der Waals surface area contributed by atoms with Crippen LogP contribution < -0.4 is 0 Å².